The quantitative estimate of drug-likeness (QED) is 0.840. The first kappa shape index (κ1) is 16.4. The normalized spacial score (nSPS) is 17.7. The number of ether oxygens (including phenoxy) is 1. The number of anilines is 1. The van der Waals surface area contributed by atoms with E-state index < -0.39 is 0 Å². The summed E-state index contributed by atoms with van der Waals surface area (Å²) in [5.74, 6) is 1.93. The van der Waals surface area contributed by atoms with E-state index in [0.717, 1.165) is 61.4 Å². The molecular weight excluding hydrogens is 310 g/mol. The largest absolute Gasteiger partial charge is 0.384 e. The van der Waals surface area contributed by atoms with Crippen molar-refractivity contribution in [1.29, 1.82) is 0 Å². The third-order valence-electron chi connectivity index (χ3n) is 4.69. The standard InChI is InChI=1S/C16H25N5OS/c1-12-17-13(10-23-12)9-14-18-19-15(20(14)3)21-7-5-16(2,6-8-21)11-22-4/h10H,5-9,11H2,1-4H3. The van der Waals surface area contributed by atoms with Crippen molar-refractivity contribution in [3.63, 3.8) is 0 Å². The van der Waals surface area contributed by atoms with E-state index in [1.807, 2.05) is 14.0 Å². The molecule has 0 amide bonds. The molecule has 126 valence electrons. The van der Waals surface area contributed by atoms with Gasteiger partial charge in [-0.1, -0.05) is 6.92 Å². The molecular formula is C16H25N5OS. The average Bonchev–Trinajstić information content (AvgIpc) is 3.08. The first-order valence-corrected chi connectivity index (χ1v) is 8.92. The molecule has 0 radical (unpaired) electrons. The number of hydrogen-bond acceptors (Lipinski definition) is 6. The van der Waals surface area contributed by atoms with Crippen LogP contribution in [-0.2, 0) is 18.2 Å². The zero-order valence-electron chi connectivity index (χ0n) is 14.4. The molecule has 1 aliphatic heterocycles. The van der Waals surface area contributed by atoms with Crippen LogP contribution in [0.5, 0.6) is 0 Å². The number of piperidine rings is 1. The number of rotatable bonds is 5. The molecule has 0 N–H and O–H groups in total. The predicted octanol–water partition coefficient (Wildman–Crippen LogP) is 2.42. The first-order valence-electron chi connectivity index (χ1n) is 8.04. The van der Waals surface area contributed by atoms with Crippen molar-refractivity contribution in [2.24, 2.45) is 12.5 Å². The Labute approximate surface area is 141 Å². The van der Waals surface area contributed by atoms with Crippen LogP contribution in [0.25, 0.3) is 0 Å². The summed E-state index contributed by atoms with van der Waals surface area (Å²) < 4.78 is 7.47. The van der Waals surface area contributed by atoms with Gasteiger partial charge in [0.15, 0.2) is 0 Å². The highest BCUT2D eigenvalue weighted by molar-refractivity contribution is 7.09. The van der Waals surface area contributed by atoms with Crippen LogP contribution in [-0.4, -0.2) is 46.6 Å². The van der Waals surface area contributed by atoms with Gasteiger partial charge in [-0.3, -0.25) is 0 Å². The number of thiazole rings is 1. The van der Waals surface area contributed by atoms with Gasteiger partial charge < -0.3 is 14.2 Å². The fraction of sp³-hybridized carbons (Fsp3) is 0.688. The highest BCUT2D eigenvalue weighted by Gasteiger charge is 2.31. The van der Waals surface area contributed by atoms with E-state index in [1.54, 1.807) is 18.4 Å². The Hall–Kier alpha value is -1.47. The van der Waals surface area contributed by atoms with E-state index in [-0.39, 0.29) is 5.41 Å². The van der Waals surface area contributed by atoms with E-state index in [4.69, 9.17) is 4.74 Å². The van der Waals surface area contributed by atoms with Crippen molar-refractivity contribution in [2.45, 2.75) is 33.1 Å². The molecule has 0 unspecified atom stereocenters. The molecule has 0 aliphatic carbocycles. The third kappa shape index (κ3) is 3.55. The molecule has 3 heterocycles. The average molecular weight is 335 g/mol. The summed E-state index contributed by atoms with van der Waals surface area (Å²) in [4.78, 5) is 6.85. The predicted molar refractivity (Wildman–Crippen MR) is 92.1 cm³/mol. The second-order valence-corrected chi connectivity index (χ2v) is 7.80. The van der Waals surface area contributed by atoms with Crippen molar-refractivity contribution in [1.82, 2.24) is 19.7 Å². The number of methoxy groups -OCH3 is 1. The van der Waals surface area contributed by atoms with E-state index in [0.29, 0.717) is 0 Å². The number of nitrogens with zero attached hydrogens (tertiary/aromatic N) is 5. The second-order valence-electron chi connectivity index (χ2n) is 6.74. The zero-order chi connectivity index (χ0) is 16.4. The lowest BCUT2D eigenvalue weighted by molar-refractivity contribution is 0.0728. The van der Waals surface area contributed by atoms with Crippen molar-refractivity contribution in [3.05, 3.63) is 21.9 Å². The number of aromatic nitrogens is 4. The molecule has 3 rings (SSSR count). The summed E-state index contributed by atoms with van der Waals surface area (Å²) in [5.41, 5.74) is 1.35. The van der Waals surface area contributed by atoms with Crippen LogP contribution in [0.1, 0.15) is 36.3 Å². The summed E-state index contributed by atoms with van der Waals surface area (Å²) in [5, 5.41) is 12.0. The minimum atomic E-state index is 0.283. The van der Waals surface area contributed by atoms with E-state index in [2.05, 4.69) is 37.0 Å². The smallest absolute Gasteiger partial charge is 0.226 e. The Morgan fingerprint density at radius 2 is 2.04 bits per heavy atom. The fourth-order valence-corrected chi connectivity index (χ4v) is 3.78. The molecule has 2 aromatic heterocycles. The monoisotopic (exact) mass is 335 g/mol. The van der Waals surface area contributed by atoms with Gasteiger partial charge in [0.05, 0.1) is 23.7 Å². The van der Waals surface area contributed by atoms with Crippen LogP contribution in [0.15, 0.2) is 5.38 Å². The lowest BCUT2D eigenvalue weighted by Crippen LogP contribution is -2.41. The molecule has 0 aromatic carbocycles. The van der Waals surface area contributed by atoms with Gasteiger partial charge in [-0.25, -0.2) is 4.98 Å². The van der Waals surface area contributed by atoms with Gasteiger partial charge in [0, 0.05) is 32.6 Å². The van der Waals surface area contributed by atoms with Crippen molar-refractivity contribution in [2.75, 3.05) is 31.7 Å². The van der Waals surface area contributed by atoms with Gasteiger partial charge in [0.2, 0.25) is 5.95 Å². The zero-order valence-corrected chi connectivity index (χ0v) is 15.2. The fourth-order valence-electron chi connectivity index (χ4n) is 3.17. The molecule has 1 saturated heterocycles. The molecule has 6 nitrogen and oxygen atoms in total. The summed E-state index contributed by atoms with van der Waals surface area (Å²) in [6, 6.07) is 0. The van der Waals surface area contributed by atoms with Crippen LogP contribution < -0.4 is 4.90 Å². The molecule has 1 fully saturated rings. The topological polar surface area (TPSA) is 56.1 Å². The van der Waals surface area contributed by atoms with Crippen LogP contribution in [0.3, 0.4) is 0 Å². The minimum absolute atomic E-state index is 0.283. The van der Waals surface area contributed by atoms with Gasteiger partial charge in [-0.05, 0) is 25.2 Å². The summed E-state index contributed by atoms with van der Waals surface area (Å²) in [7, 11) is 3.83. The molecule has 7 heteroatoms. The highest BCUT2D eigenvalue weighted by Crippen LogP contribution is 2.32. The van der Waals surface area contributed by atoms with Gasteiger partial charge in [0.25, 0.3) is 0 Å². The Bertz CT molecular complexity index is 657. The molecule has 0 spiro atoms. The van der Waals surface area contributed by atoms with Crippen LogP contribution >= 0.6 is 11.3 Å². The molecule has 0 saturated carbocycles. The van der Waals surface area contributed by atoms with E-state index in [9.17, 15) is 0 Å². The Balaban J connectivity index is 1.68. The van der Waals surface area contributed by atoms with Gasteiger partial charge in [-0.15, -0.1) is 21.5 Å². The molecule has 0 atom stereocenters. The Kier molecular flexibility index (Phi) is 4.68. The lowest BCUT2D eigenvalue weighted by Gasteiger charge is -2.39. The molecule has 1 aliphatic rings. The summed E-state index contributed by atoms with van der Waals surface area (Å²) >= 11 is 1.68. The SMILES string of the molecule is COCC1(C)CCN(c2nnc(Cc3csc(C)n3)n2C)CC1. The van der Waals surface area contributed by atoms with Crippen molar-refractivity contribution < 1.29 is 4.74 Å². The maximum absolute atomic E-state index is 5.36. The van der Waals surface area contributed by atoms with Gasteiger partial charge in [0.1, 0.15) is 5.82 Å². The lowest BCUT2D eigenvalue weighted by atomic mass is 9.81. The summed E-state index contributed by atoms with van der Waals surface area (Å²) in [6.07, 6.45) is 2.98. The van der Waals surface area contributed by atoms with Gasteiger partial charge in [-0.2, -0.15) is 0 Å². The molecule has 0 bridgehead atoms. The van der Waals surface area contributed by atoms with Crippen molar-refractivity contribution in [3.8, 4) is 0 Å². The minimum Gasteiger partial charge on any atom is -0.384 e. The molecule has 23 heavy (non-hydrogen) atoms. The number of aryl methyl sites for hydroxylation is 1. The van der Waals surface area contributed by atoms with Gasteiger partial charge >= 0.3 is 0 Å². The van der Waals surface area contributed by atoms with E-state index >= 15 is 0 Å². The summed E-state index contributed by atoms with van der Waals surface area (Å²) in [6.45, 7) is 7.17. The maximum atomic E-state index is 5.36. The first-order chi connectivity index (χ1) is 11.0. The Morgan fingerprint density at radius 1 is 1.30 bits per heavy atom. The molecule has 2 aromatic rings. The highest BCUT2D eigenvalue weighted by atomic mass is 32.1. The third-order valence-corrected chi connectivity index (χ3v) is 5.52. The number of hydrogen-bond donors (Lipinski definition) is 0. The van der Waals surface area contributed by atoms with Crippen LogP contribution in [0.2, 0.25) is 0 Å². The Morgan fingerprint density at radius 3 is 2.65 bits per heavy atom. The van der Waals surface area contributed by atoms with Crippen molar-refractivity contribution >= 4 is 17.3 Å². The van der Waals surface area contributed by atoms with Crippen LogP contribution in [0.4, 0.5) is 5.95 Å². The van der Waals surface area contributed by atoms with E-state index in [1.165, 1.54) is 0 Å². The van der Waals surface area contributed by atoms with Crippen LogP contribution in [0, 0.1) is 12.3 Å². The second kappa shape index (κ2) is 6.57. The maximum Gasteiger partial charge on any atom is 0.226 e.